The predicted molar refractivity (Wildman–Crippen MR) is 147 cm³/mol. The molecule has 1 aliphatic heterocycles. The lowest BCUT2D eigenvalue weighted by atomic mass is 9.57. The van der Waals surface area contributed by atoms with Crippen LogP contribution in [0.2, 0.25) is 0 Å². The van der Waals surface area contributed by atoms with E-state index in [1.165, 1.54) is 106 Å². The van der Waals surface area contributed by atoms with Gasteiger partial charge in [-0.05, 0) is 75.0 Å². The number of hydrogen-bond donors (Lipinski definition) is 0. The van der Waals surface area contributed by atoms with Crippen LogP contribution < -0.4 is 4.57 Å². The van der Waals surface area contributed by atoms with Crippen LogP contribution in [0.25, 0.3) is 11.4 Å². The zero-order chi connectivity index (χ0) is 24.3. The second-order valence-corrected chi connectivity index (χ2v) is 12.4. The van der Waals surface area contributed by atoms with Gasteiger partial charge in [0.25, 0.3) is 5.82 Å². The van der Waals surface area contributed by atoms with E-state index in [2.05, 4.69) is 71.5 Å². The zero-order valence-corrected chi connectivity index (χ0v) is 22.4. The number of imidazole rings is 1. The summed E-state index contributed by atoms with van der Waals surface area (Å²) in [5.41, 5.74) is 9.39. The number of aromatic nitrogens is 2. The van der Waals surface area contributed by atoms with Crippen LogP contribution >= 0.6 is 0 Å². The minimum Gasteiger partial charge on any atom is -0.196 e. The van der Waals surface area contributed by atoms with Crippen LogP contribution in [0.1, 0.15) is 118 Å². The standard InChI is InChI=1S/C34H43N2/c1-24-14-6-12-22-30(24)35-25(2)32-34(28-19-9-10-20-28,27-17-4-3-5-18-27)29-21-11-13-23-31(29)36(32)33(35)26-15-7-8-16-26/h6,11-14,21-23,26-28H,3-5,7-10,15-20H2,1-2H3/q+1. The van der Waals surface area contributed by atoms with Gasteiger partial charge in [0.1, 0.15) is 17.1 Å². The minimum absolute atomic E-state index is 0.179. The van der Waals surface area contributed by atoms with Crippen molar-refractivity contribution < 1.29 is 4.57 Å². The maximum absolute atomic E-state index is 2.85. The van der Waals surface area contributed by atoms with Crippen LogP contribution in [0.5, 0.6) is 0 Å². The quantitative estimate of drug-likeness (QED) is 0.332. The second kappa shape index (κ2) is 8.89. The fourth-order valence-corrected chi connectivity index (χ4v) is 9.29. The molecule has 2 heteroatoms. The van der Waals surface area contributed by atoms with E-state index in [0.717, 1.165) is 11.8 Å². The summed E-state index contributed by atoms with van der Waals surface area (Å²) in [6.45, 7) is 4.79. The first-order valence-corrected chi connectivity index (χ1v) is 15.1. The van der Waals surface area contributed by atoms with E-state index in [1.54, 1.807) is 17.1 Å². The lowest BCUT2D eigenvalue weighted by Gasteiger charge is -2.43. The molecule has 0 bridgehead atoms. The normalized spacial score (nSPS) is 24.9. The molecule has 1 unspecified atom stereocenters. The van der Waals surface area contributed by atoms with E-state index >= 15 is 0 Å². The van der Waals surface area contributed by atoms with Gasteiger partial charge >= 0.3 is 0 Å². The van der Waals surface area contributed by atoms with Crippen LogP contribution in [-0.4, -0.2) is 4.57 Å². The van der Waals surface area contributed by atoms with Crippen LogP contribution in [0.4, 0.5) is 0 Å². The minimum atomic E-state index is 0.179. The van der Waals surface area contributed by atoms with E-state index < -0.39 is 0 Å². The molecule has 3 fully saturated rings. The SMILES string of the molecule is Cc1ccccc1-n1c(C)c2[n+](c1C1CCCC1)-c1ccccc1C2(C1CCCCC1)C1CCCC1. The molecule has 188 valence electrons. The molecule has 0 amide bonds. The van der Waals surface area contributed by atoms with Gasteiger partial charge in [-0.3, -0.25) is 0 Å². The maximum Gasteiger partial charge on any atom is 0.270 e. The van der Waals surface area contributed by atoms with Gasteiger partial charge in [-0.1, -0.05) is 81.3 Å². The molecule has 36 heavy (non-hydrogen) atoms. The van der Waals surface area contributed by atoms with Crippen molar-refractivity contribution in [1.29, 1.82) is 0 Å². The second-order valence-electron chi connectivity index (χ2n) is 12.4. The Balaban J connectivity index is 1.59. The Bertz CT molecular complexity index is 1260. The van der Waals surface area contributed by atoms with Gasteiger partial charge in [-0.15, -0.1) is 0 Å². The van der Waals surface area contributed by atoms with Gasteiger partial charge in [-0.25, -0.2) is 0 Å². The molecule has 7 rings (SSSR count). The highest BCUT2D eigenvalue weighted by Gasteiger charge is 2.61. The first kappa shape index (κ1) is 22.8. The molecule has 2 aromatic carbocycles. The zero-order valence-electron chi connectivity index (χ0n) is 22.4. The van der Waals surface area contributed by atoms with Crippen molar-refractivity contribution in [2.45, 2.75) is 109 Å². The molecule has 3 aliphatic carbocycles. The van der Waals surface area contributed by atoms with Gasteiger partial charge in [0.15, 0.2) is 5.69 Å². The van der Waals surface area contributed by atoms with Gasteiger partial charge in [-0.2, -0.15) is 9.13 Å². The number of rotatable bonds is 4. The number of fused-ring (bicyclic) bond motifs is 3. The number of hydrogen-bond acceptors (Lipinski definition) is 0. The van der Waals surface area contributed by atoms with Crippen molar-refractivity contribution in [3.8, 4) is 11.4 Å². The summed E-state index contributed by atoms with van der Waals surface area (Å²) in [5.74, 6) is 3.78. The average Bonchev–Trinajstić information content (AvgIpc) is 3.71. The Morgan fingerprint density at radius 1 is 0.694 bits per heavy atom. The lowest BCUT2D eigenvalue weighted by Crippen LogP contribution is -2.46. The number of nitrogens with zero attached hydrogens (tertiary/aromatic N) is 2. The van der Waals surface area contributed by atoms with Crippen molar-refractivity contribution >= 4 is 0 Å². The van der Waals surface area contributed by atoms with Crippen LogP contribution in [0.3, 0.4) is 0 Å². The average molecular weight is 480 g/mol. The van der Waals surface area contributed by atoms with Crippen molar-refractivity contribution in [2.75, 3.05) is 0 Å². The van der Waals surface area contributed by atoms with E-state index in [1.807, 2.05) is 0 Å². The lowest BCUT2D eigenvalue weighted by molar-refractivity contribution is -0.610. The highest BCUT2D eigenvalue weighted by atomic mass is 15.2. The highest BCUT2D eigenvalue weighted by molar-refractivity contribution is 5.55. The molecule has 4 aliphatic rings. The third kappa shape index (κ3) is 3.12. The van der Waals surface area contributed by atoms with Crippen LogP contribution in [0, 0.1) is 25.7 Å². The van der Waals surface area contributed by atoms with Crippen LogP contribution in [-0.2, 0) is 5.41 Å². The Labute approximate surface area is 217 Å². The molecule has 0 saturated heterocycles. The van der Waals surface area contributed by atoms with Crippen molar-refractivity contribution in [3.63, 3.8) is 0 Å². The summed E-state index contributed by atoms with van der Waals surface area (Å²) in [5, 5.41) is 0. The van der Waals surface area contributed by atoms with Gasteiger partial charge in [0, 0.05) is 12.5 Å². The third-order valence-corrected chi connectivity index (χ3v) is 10.7. The summed E-state index contributed by atoms with van der Waals surface area (Å²) in [4.78, 5) is 0. The number of para-hydroxylation sites is 2. The maximum atomic E-state index is 2.85. The Kier molecular flexibility index (Phi) is 5.64. The van der Waals surface area contributed by atoms with Crippen molar-refractivity contribution in [3.05, 3.63) is 76.9 Å². The summed E-state index contributed by atoms with van der Waals surface area (Å²) < 4.78 is 5.59. The number of benzene rings is 2. The van der Waals surface area contributed by atoms with E-state index in [9.17, 15) is 0 Å². The molecule has 0 radical (unpaired) electrons. The largest absolute Gasteiger partial charge is 0.270 e. The molecular weight excluding hydrogens is 436 g/mol. The van der Waals surface area contributed by atoms with Crippen molar-refractivity contribution in [1.82, 2.24) is 4.57 Å². The fraction of sp³-hybridized carbons (Fsp3) is 0.559. The van der Waals surface area contributed by atoms with Gasteiger partial charge < -0.3 is 0 Å². The highest BCUT2D eigenvalue weighted by Crippen LogP contribution is 2.59. The molecule has 2 nitrogen and oxygen atoms in total. The van der Waals surface area contributed by atoms with Crippen LogP contribution in [0.15, 0.2) is 48.5 Å². The summed E-state index contributed by atoms with van der Waals surface area (Å²) in [6.07, 6.45) is 18.1. The monoisotopic (exact) mass is 479 g/mol. The first-order chi connectivity index (χ1) is 17.7. The van der Waals surface area contributed by atoms with Gasteiger partial charge in [0.2, 0.25) is 0 Å². The smallest absolute Gasteiger partial charge is 0.196 e. The summed E-state index contributed by atoms with van der Waals surface area (Å²) in [7, 11) is 0. The molecule has 3 saturated carbocycles. The van der Waals surface area contributed by atoms with Gasteiger partial charge in [0.05, 0.1) is 11.3 Å². The molecule has 1 atom stereocenters. The van der Waals surface area contributed by atoms with E-state index in [4.69, 9.17) is 0 Å². The Morgan fingerprint density at radius 3 is 1.97 bits per heavy atom. The first-order valence-electron chi connectivity index (χ1n) is 15.1. The summed E-state index contributed by atoms with van der Waals surface area (Å²) >= 11 is 0. The van der Waals surface area contributed by atoms with E-state index in [0.29, 0.717) is 5.92 Å². The Hall–Kier alpha value is -2.35. The molecule has 0 spiro atoms. The summed E-state index contributed by atoms with van der Waals surface area (Å²) in [6, 6.07) is 18.8. The molecule has 3 aromatic rings. The molecule has 0 N–H and O–H groups in total. The third-order valence-electron chi connectivity index (χ3n) is 10.7. The predicted octanol–water partition coefficient (Wildman–Crippen LogP) is 8.40. The molecule has 1 aromatic heterocycles. The number of aryl methyl sites for hydroxylation is 1. The molecule has 2 heterocycles. The molecular formula is C34H43N2+. The Morgan fingerprint density at radius 2 is 1.28 bits per heavy atom. The topological polar surface area (TPSA) is 8.81 Å². The van der Waals surface area contributed by atoms with E-state index in [-0.39, 0.29) is 5.41 Å². The fourth-order valence-electron chi connectivity index (χ4n) is 9.29. The van der Waals surface area contributed by atoms with Crippen molar-refractivity contribution in [2.24, 2.45) is 11.8 Å².